The molecule has 0 aliphatic carbocycles. The lowest BCUT2D eigenvalue weighted by atomic mass is 9.91. The predicted octanol–water partition coefficient (Wildman–Crippen LogP) is 9.37. The molecule has 0 unspecified atom stereocenters. The SMILES string of the molecule is Nc1c(-c2ccccc2)cc(-c2ccc(-n3c4ccccc4c4ccccc43)cc2)cc1-c1ccccc1. The Morgan fingerprint density at radius 1 is 0.395 bits per heavy atom. The molecule has 2 heteroatoms. The fourth-order valence-electron chi connectivity index (χ4n) is 5.54. The molecular formula is C36H26N2. The second-order valence-corrected chi connectivity index (χ2v) is 9.63. The molecule has 0 aliphatic rings. The summed E-state index contributed by atoms with van der Waals surface area (Å²) in [6, 6.07) is 51.3. The average Bonchev–Trinajstić information content (AvgIpc) is 3.33. The minimum Gasteiger partial charge on any atom is -0.398 e. The van der Waals surface area contributed by atoms with E-state index < -0.39 is 0 Å². The Morgan fingerprint density at radius 3 is 1.34 bits per heavy atom. The molecular weight excluding hydrogens is 460 g/mol. The van der Waals surface area contributed by atoms with Gasteiger partial charge < -0.3 is 10.3 Å². The van der Waals surface area contributed by atoms with Crippen molar-refractivity contribution in [2.24, 2.45) is 0 Å². The molecule has 0 radical (unpaired) electrons. The number of benzene rings is 6. The van der Waals surface area contributed by atoms with Crippen LogP contribution in [0.3, 0.4) is 0 Å². The van der Waals surface area contributed by atoms with E-state index in [-0.39, 0.29) is 0 Å². The Kier molecular flexibility index (Phi) is 5.30. The molecule has 0 spiro atoms. The fourth-order valence-corrected chi connectivity index (χ4v) is 5.54. The highest BCUT2D eigenvalue weighted by atomic mass is 15.0. The van der Waals surface area contributed by atoms with Crippen molar-refractivity contribution in [2.75, 3.05) is 5.73 Å². The molecule has 0 fully saturated rings. The maximum absolute atomic E-state index is 6.78. The molecule has 1 heterocycles. The highest BCUT2D eigenvalue weighted by Crippen LogP contribution is 2.39. The van der Waals surface area contributed by atoms with Crippen LogP contribution in [0.1, 0.15) is 0 Å². The largest absolute Gasteiger partial charge is 0.398 e. The number of anilines is 1. The number of para-hydroxylation sites is 2. The predicted molar refractivity (Wildman–Crippen MR) is 162 cm³/mol. The van der Waals surface area contributed by atoms with Crippen molar-refractivity contribution in [3.8, 4) is 39.1 Å². The number of rotatable bonds is 4. The summed E-state index contributed by atoms with van der Waals surface area (Å²) in [7, 11) is 0. The second-order valence-electron chi connectivity index (χ2n) is 9.63. The van der Waals surface area contributed by atoms with Crippen molar-refractivity contribution in [1.82, 2.24) is 4.57 Å². The number of hydrogen-bond donors (Lipinski definition) is 1. The van der Waals surface area contributed by atoms with E-state index in [4.69, 9.17) is 5.73 Å². The number of aromatic nitrogens is 1. The zero-order valence-electron chi connectivity index (χ0n) is 20.9. The first-order valence-corrected chi connectivity index (χ1v) is 12.9. The molecule has 0 bridgehead atoms. The first kappa shape index (κ1) is 22.1. The van der Waals surface area contributed by atoms with Crippen LogP contribution in [-0.4, -0.2) is 4.57 Å². The quantitative estimate of drug-likeness (QED) is 0.247. The molecule has 2 nitrogen and oxygen atoms in total. The number of hydrogen-bond acceptors (Lipinski definition) is 1. The summed E-state index contributed by atoms with van der Waals surface area (Å²) >= 11 is 0. The van der Waals surface area contributed by atoms with Gasteiger partial charge in [0.1, 0.15) is 0 Å². The number of nitrogens with zero attached hydrogens (tertiary/aromatic N) is 1. The Bertz CT molecular complexity index is 1780. The third-order valence-corrected chi connectivity index (χ3v) is 7.39. The zero-order valence-corrected chi connectivity index (χ0v) is 20.9. The van der Waals surface area contributed by atoms with Gasteiger partial charge in [0, 0.05) is 33.3 Å². The van der Waals surface area contributed by atoms with E-state index in [0.717, 1.165) is 44.8 Å². The van der Waals surface area contributed by atoms with E-state index in [1.165, 1.54) is 21.8 Å². The Labute approximate surface area is 222 Å². The molecule has 2 N–H and O–H groups in total. The highest BCUT2D eigenvalue weighted by molar-refractivity contribution is 6.09. The summed E-state index contributed by atoms with van der Waals surface area (Å²) in [5.41, 5.74) is 17.8. The molecule has 0 saturated heterocycles. The smallest absolute Gasteiger partial charge is 0.0541 e. The lowest BCUT2D eigenvalue weighted by Crippen LogP contribution is -1.96. The van der Waals surface area contributed by atoms with Crippen LogP contribution in [0.25, 0.3) is 60.9 Å². The van der Waals surface area contributed by atoms with E-state index in [1.807, 2.05) is 12.1 Å². The molecule has 1 aromatic heterocycles. The summed E-state index contributed by atoms with van der Waals surface area (Å²) in [5.74, 6) is 0. The fraction of sp³-hybridized carbons (Fsp3) is 0. The molecule has 180 valence electrons. The highest BCUT2D eigenvalue weighted by Gasteiger charge is 2.14. The maximum Gasteiger partial charge on any atom is 0.0541 e. The second kappa shape index (κ2) is 9.10. The van der Waals surface area contributed by atoms with Gasteiger partial charge in [0.2, 0.25) is 0 Å². The van der Waals surface area contributed by atoms with Crippen molar-refractivity contribution in [2.45, 2.75) is 0 Å². The van der Waals surface area contributed by atoms with Crippen LogP contribution in [0.15, 0.2) is 146 Å². The average molecular weight is 487 g/mol. The monoisotopic (exact) mass is 486 g/mol. The molecule has 38 heavy (non-hydrogen) atoms. The van der Waals surface area contributed by atoms with Gasteiger partial charge in [-0.25, -0.2) is 0 Å². The molecule has 0 amide bonds. The van der Waals surface area contributed by atoms with Crippen molar-refractivity contribution in [1.29, 1.82) is 0 Å². The molecule has 0 atom stereocenters. The minimum absolute atomic E-state index is 0.799. The third kappa shape index (κ3) is 3.66. The third-order valence-electron chi connectivity index (χ3n) is 7.39. The Hall–Kier alpha value is -5.08. The summed E-state index contributed by atoms with van der Waals surface area (Å²) in [5, 5.41) is 2.54. The van der Waals surface area contributed by atoms with Crippen LogP contribution in [-0.2, 0) is 0 Å². The summed E-state index contributed by atoms with van der Waals surface area (Å²) in [4.78, 5) is 0. The van der Waals surface area contributed by atoms with E-state index >= 15 is 0 Å². The molecule has 0 aliphatic heterocycles. The summed E-state index contributed by atoms with van der Waals surface area (Å²) in [6.07, 6.45) is 0. The van der Waals surface area contributed by atoms with Crippen molar-refractivity contribution < 1.29 is 0 Å². The van der Waals surface area contributed by atoms with Crippen LogP contribution in [0, 0.1) is 0 Å². The van der Waals surface area contributed by atoms with Gasteiger partial charge >= 0.3 is 0 Å². The Morgan fingerprint density at radius 2 is 0.842 bits per heavy atom. The van der Waals surface area contributed by atoms with Crippen LogP contribution < -0.4 is 5.73 Å². The standard InChI is InChI=1S/C36H26N2/c37-36-32(26-11-3-1-4-12-26)23-28(24-33(36)27-13-5-2-6-14-27)25-19-21-29(22-20-25)38-34-17-9-7-15-30(34)31-16-8-10-18-35(31)38/h1-24H,37H2. The van der Waals surface area contributed by atoms with Gasteiger partial charge in [0.05, 0.1) is 11.0 Å². The van der Waals surface area contributed by atoms with Gasteiger partial charge in [-0.1, -0.05) is 109 Å². The van der Waals surface area contributed by atoms with Crippen LogP contribution >= 0.6 is 0 Å². The van der Waals surface area contributed by atoms with Gasteiger partial charge in [0.25, 0.3) is 0 Å². The van der Waals surface area contributed by atoms with Gasteiger partial charge in [-0.2, -0.15) is 0 Å². The molecule has 7 rings (SSSR count). The van der Waals surface area contributed by atoms with Gasteiger partial charge in [-0.3, -0.25) is 0 Å². The molecule has 6 aromatic carbocycles. The summed E-state index contributed by atoms with van der Waals surface area (Å²) in [6.45, 7) is 0. The van der Waals surface area contributed by atoms with Gasteiger partial charge in [-0.05, 0) is 58.7 Å². The zero-order chi connectivity index (χ0) is 25.5. The first-order valence-electron chi connectivity index (χ1n) is 12.9. The summed E-state index contributed by atoms with van der Waals surface area (Å²) < 4.78 is 2.35. The minimum atomic E-state index is 0.799. The Balaban J connectivity index is 1.39. The van der Waals surface area contributed by atoms with Gasteiger partial charge in [0.15, 0.2) is 0 Å². The number of fused-ring (bicyclic) bond motifs is 3. The molecule has 0 saturated carbocycles. The lowest BCUT2D eigenvalue weighted by Gasteiger charge is -2.16. The van der Waals surface area contributed by atoms with Crippen molar-refractivity contribution in [3.05, 3.63) is 146 Å². The van der Waals surface area contributed by atoms with E-state index in [1.54, 1.807) is 0 Å². The van der Waals surface area contributed by atoms with E-state index in [0.29, 0.717) is 0 Å². The number of nitrogens with two attached hydrogens (primary N) is 1. The van der Waals surface area contributed by atoms with Crippen LogP contribution in [0.4, 0.5) is 5.69 Å². The van der Waals surface area contributed by atoms with Crippen LogP contribution in [0.5, 0.6) is 0 Å². The lowest BCUT2D eigenvalue weighted by molar-refractivity contribution is 1.18. The number of nitrogen functional groups attached to an aromatic ring is 1. The van der Waals surface area contributed by atoms with Crippen molar-refractivity contribution in [3.63, 3.8) is 0 Å². The first-order chi connectivity index (χ1) is 18.8. The maximum atomic E-state index is 6.78. The van der Waals surface area contributed by atoms with Crippen molar-refractivity contribution >= 4 is 27.5 Å². The topological polar surface area (TPSA) is 30.9 Å². The van der Waals surface area contributed by atoms with E-state index in [9.17, 15) is 0 Å². The van der Waals surface area contributed by atoms with E-state index in [2.05, 4.69) is 138 Å². The van der Waals surface area contributed by atoms with Gasteiger partial charge in [-0.15, -0.1) is 0 Å². The normalized spacial score (nSPS) is 11.3. The van der Waals surface area contributed by atoms with Crippen LogP contribution in [0.2, 0.25) is 0 Å². The molecule has 7 aromatic rings.